The second-order valence-electron chi connectivity index (χ2n) is 2.02. The van der Waals surface area contributed by atoms with Crippen molar-refractivity contribution in [3.05, 3.63) is 10.6 Å². The molecule has 0 aromatic carbocycles. The van der Waals surface area contributed by atoms with E-state index in [2.05, 4.69) is 10.2 Å². The molecule has 0 radical (unpaired) electrons. The Kier molecular flexibility index (Phi) is 2.18. The Hall–Kier alpha value is -0.680. The highest BCUT2D eigenvalue weighted by Gasteiger charge is 1.96. The minimum Gasteiger partial charge on any atom is -0.329 e. The normalized spacial score (nSPS) is 10.2. The fraction of sp³-hybridized carbons (Fsp3) is 0.600. The number of hydrogen-bond acceptors (Lipinski definition) is 3. The lowest BCUT2D eigenvalue weighted by molar-refractivity contribution is 0.676. The van der Waals surface area contributed by atoms with Crippen molar-refractivity contribution in [2.75, 3.05) is 6.54 Å². The molecule has 1 rings (SSSR count). The van der Waals surface area contributed by atoms with Crippen LogP contribution < -0.4 is 5.73 Å². The van der Waals surface area contributed by atoms with Gasteiger partial charge in [0.05, 0.1) is 0 Å². The van der Waals surface area contributed by atoms with Crippen molar-refractivity contribution in [2.24, 2.45) is 5.73 Å². The Balaban J connectivity index is 2.99. The Labute approximate surface area is 64.1 Å². The third-order valence-electron chi connectivity index (χ3n) is 1.30. The molecular weight excluding hydrogens is 148 g/mol. The lowest BCUT2D eigenvalue weighted by Gasteiger charge is -1.98. The highest BCUT2D eigenvalue weighted by molar-refractivity contribution is 7.71. The van der Waals surface area contributed by atoms with Gasteiger partial charge in [0.25, 0.3) is 0 Å². The molecule has 5 heteroatoms. The molecule has 0 atom stereocenters. The van der Waals surface area contributed by atoms with Gasteiger partial charge in [-0.2, -0.15) is 5.10 Å². The standard InChI is InChI=1S/C5H10N4S/c1-4-7-8-5(10)9(4)3-2-6/h2-3,6H2,1H3,(H,8,10). The van der Waals surface area contributed by atoms with Crippen LogP contribution in [0.3, 0.4) is 0 Å². The maximum atomic E-state index is 5.35. The third kappa shape index (κ3) is 1.25. The molecule has 0 bridgehead atoms. The summed E-state index contributed by atoms with van der Waals surface area (Å²) in [6, 6.07) is 0. The van der Waals surface area contributed by atoms with Crippen LogP contribution in [-0.4, -0.2) is 21.3 Å². The Bertz CT molecular complexity index is 261. The predicted molar refractivity (Wildman–Crippen MR) is 41.2 cm³/mol. The molecule has 1 heterocycles. The molecule has 0 amide bonds. The average Bonchev–Trinajstić information content (AvgIpc) is 2.20. The lowest BCUT2D eigenvalue weighted by Crippen LogP contribution is -2.11. The van der Waals surface area contributed by atoms with Crippen molar-refractivity contribution < 1.29 is 0 Å². The zero-order valence-corrected chi connectivity index (χ0v) is 6.61. The van der Waals surface area contributed by atoms with Gasteiger partial charge in [-0.15, -0.1) is 0 Å². The summed E-state index contributed by atoms with van der Waals surface area (Å²) in [4.78, 5) is 0. The number of aromatic amines is 1. The number of nitrogens with two attached hydrogens (primary N) is 1. The minimum atomic E-state index is 0.592. The summed E-state index contributed by atoms with van der Waals surface area (Å²) >= 11 is 4.93. The SMILES string of the molecule is Cc1n[nH]c(=S)n1CCN. The third-order valence-corrected chi connectivity index (χ3v) is 1.61. The number of nitrogens with one attached hydrogen (secondary N) is 1. The first kappa shape index (κ1) is 7.43. The number of H-pyrrole nitrogens is 1. The van der Waals surface area contributed by atoms with E-state index in [-0.39, 0.29) is 0 Å². The van der Waals surface area contributed by atoms with Crippen molar-refractivity contribution in [1.82, 2.24) is 14.8 Å². The summed E-state index contributed by atoms with van der Waals surface area (Å²) < 4.78 is 2.51. The number of rotatable bonds is 2. The van der Waals surface area contributed by atoms with Gasteiger partial charge in [0, 0.05) is 13.1 Å². The van der Waals surface area contributed by atoms with Crippen LogP contribution in [0.4, 0.5) is 0 Å². The molecule has 56 valence electrons. The largest absolute Gasteiger partial charge is 0.329 e. The van der Waals surface area contributed by atoms with Gasteiger partial charge in [0.15, 0.2) is 4.77 Å². The fourth-order valence-electron chi connectivity index (χ4n) is 0.789. The maximum absolute atomic E-state index is 5.35. The Morgan fingerprint density at radius 2 is 2.50 bits per heavy atom. The quantitative estimate of drug-likeness (QED) is 0.605. The van der Waals surface area contributed by atoms with E-state index in [0.29, 0.717) is 11.3 Å². The smallest absolute Gasteiger partial charge is 0.195 e. The van der Waals surface area contributed by atoms with Gasteiger partial charge in [0.2, 0.25) is 0 Å². The Morgan fingerprint density at radius 1 is 1.80 bits per heavy atom. The molecule has 0 aliphatic heterocycles. The van der Waals surface area contributed by atoms with Crippen LogP contribution in [0.25, 0.3) is 0 Å². The molecule has 0 spiro atoms. The second-order valence-corrected chi connectivity index (χ2v) is 2.40. The summed E-state index contributed by atoms with van der Waals surface area (Å²) in [6.07, 6.45) is 0. The van der Waals surface area contributed by atoms with Crippen LogP contribution in [0.15, 0.2) is 0 Å². The fourth-order valence-corrected chi connectivity index (χ4v) is 1.06. The molecule has 3 N–H and O–H groups in total. The van der Waals surface area contributed by atoms with Gasteiger partial charge in [-0.3, -0.25) is 5.10 Å². The maximum Gasteiger partial charge on any atom is 0.195 e. The van der Waals surface area contributed by atoms with Gasteiger partial charge in [-0.05, 0) is 19.1 Å². The summed E-state index contributed by atoms with van der Waals surface area (Å²) in [5.41, 5.74) is 5.35. The average molecular weight is 158 g/mol. The van der Waals surface area contributed by atoms with E-state index in [9.17, 15) is 0 Å². The number of hydrogen-bond donors (Lipinski definition) is 2. The van der Waals surface area contributed by atoms with Crippen LogP contribution >= 0.6 is 12.2 Å². The van der Waals surface area contributed by atoms with E-state index in [4.69, 9.17) is 18.0 Å². The van der Waals surface area contributed by atoms with Crippen LogP contribution in [0.2, 0.25) is 0 Å². The first-order valence-corrected chi connectivity index (χ1v) is 3.48. The molecule has 1 aromatic rings. The lowest BCUT2D eigenvalue weighted by atomic mass is 10.6. The highest BCUT2D eigenvalue weighted by atomic mass is 32.1. The van der Waals surface area contributed by atoms with E-state index in [1.807, 2.05) is 11.5 Å². The number of aryl methyl sites for hydroxylation is 1. The molecule has 0 fully saturated rings. The first-order valence-electron chi connectivity index (χ1n) is 3.07. The van der Waals surface area contributed by atoms with E-state index < -0.39 is 0 Å². The molecule has 0 saturated heterocycles. The summed E-state index contributed by atoms with van der Waals surface area (Å²) in [7, 11) is 0. The van der Waals surface area contributed by atoms with Crippen LogP contribution in [0.5, 0.6) is 0 Å². The first-order chi connectivity index (χ1) is 4.75. The molecule has 4 nitrogen and oxygen atoms in total. The zero-order valence-electron chi connectivity index (χ0n) is 5.79. The molecular formula is C5H10N4S. The monoisotopic (exact) mass is 158 g/mol. The van der Waals surface area contributed by atoms with Gasteiger partial charge in [-0.25, -0.2) is 0 Å². The molecule has 0 aliphatic carbocycles. The van der Waals surface area contributed by atoms with Crippen molar-refractivity contribution in [1.29, 1.82) is 0 Å². The van der Waals surface area contributed by atoms with Crippen LogP contribution in [-0.2, 0) is 6.54 Å². The number of aromatic nitrogens is 3. The molecule has 0 aliphatic rings. The summed E-state index contributed by atoms with van der Waals surface area (Å²) in [6.45, 7) is 3.22. The van der Waals surface area contributed by atoms with Crippen LogP contribution in [0, 0.1) is 11.7 Å². The summed E-state index contributed by atoms with van der Waals surface area (Å²) in [5.74, 6) is 0.885. The van der Waals surface area contributed by atoms with Gasteiger partial charge in [0.1, 0.15) is 5.82 Å². The van der Waals surface area contributed by atoms with Crippen molar-refractivity contribution in [3.8, 4) is 0 Å². The highest BCUT2D eigenvalue weighted by Crippen LogP contribution is 1.93. The molecule has 10 heavy (non-hydrogen) atoms. The van der Waals surface area contributed by atoms with E-state index in [0.717, 1.165) is 12.4 Å². The van der Waals surface area contributed by atoms with E-state index >= 15 is 0 Å². The zero-order chi connectivity index (χ0) is 7.56. The molecule has 0 saturated carbocycles. The topological polar surface area (TPSA) is 59.6 Å². The van der Waals surface area contributed by atoms with E-state index in [1.165, 1.54) is 0 Å². The van der Waals surface area contributed by atoms with Gasteiger partial charge >= 0.3 is 0 Å². The van der Waals surface area contributed by atoms with Crippen LogP contribution in [0.1, 0.15) is 5.82 Å². The predicted octanol–water partition coefficient (Wildman–Crippen LogP) is 0.208. The van der Waals surface area contributed by atoms with Crippen molar-refractivity contribution >= 4 is 12.2 Å². The second kappa shape index (κ2) is 2.94. The molecule has 0 unspecified atom stereocenters. The number of nitrogens with zero attached hydrogens (tertiary/aromatic N) is 2. The van der Waals surface area contributed by atoms with Crippen molar-refractivity contribution in [3.63, 3.8) is 0 Å². The molecule has 1 aromatic heterocycles. The van der Waals surface area contributed by atoms with Crippen molar-refractivity contribution in [2.45, 2.75) is 13.5 Å². The minimum absolute atomic E-state index is 0.592. The van der Waals surface area contributed by atoms with Gasteiger partial charge in [-0.1, -0.05) is 0 Å². The Morgan fingerprint density at radius 3 is 2.90 bits per heavy atom. The van der Waals surface area contributed by atoms with Gasteiger partial charge < -0.3 is 10.3 Å². The van der Waals surface area contributed by atoms with E-state index in [1.54, 1.807) is 0 Å². The summed E-state index contributed by atoms with van der Waals surface area (Å²) in [5, 5.41) is 6.61.